The van der Waals surface area contributed by atoms with E-state index in [1.807, 2.05) is 6.92 Å². The first-order chi connectivity index (χ1) is 9.52. The van der Waals surface area contributed by atoms with Gasteiger partial charge in [0.25, 0.3) is 0 Å². The summed E-state index contributed by atoms with van der Waals surface area (Å²) in [5, 5.41) is 11.5. The molecule has 7 heteroatoms. The lowest BCUT2D eigenvalue weighted by Gasteiger charge is -2.16. The Morgan fingerprint density at radius 1 is 1.50 bits per heavy atom. The van der Waals surface area contributed by atoms with Crippen LogP contribution in [0, 0.1) is 0 Å². The van der Waals surface area contributed by atoms with Crippen LogP contribution in [0.2, 0.25) is 0 Å². The van der Waals surface area contributed by atoms with Gasteiger partial charge < -0.3 is 10.4 Å². The van der Waals surface area contributed by atoms with Gasteiger partial charge in [-0.3, -0.25) is 14.2 Å². The Bertz CT molecular complexity index is 512. The molecule has 1 rings (SSSR count). The van der Waals surface area contributed by atoms with Gasteiger partial charge in [0.05, 0.1) is 6.42 Å². The summed E-state index contributed by atoms with van der Waals surface area (Å²) in [6.45, 7) is 1.84. The highest BCUT2D eigenvalue weighted by Gasteiger charge is 2.15. The normalized spacial score (nSPS) is 11.8. The van der Waals surface area contributed by atoms with Gasteiger partial charge in [0.1, 0.15) is 6.54 Å². The Kier molecular flexibility index (Phi) is 6.42. The number of carboxylic acids is 1. The summed E-state index contributed by atoms with van der Waals surface area (Å²) >= 11 is 0. The van der Waals surface area contributed by atoms with Gasteiger partial charge in [-0.1, -0.05) is 19.8 Å². The van der Waals surface area contributed by atoms with Crippen molar-refractivity contribution in [3.63, 3.8) is 0 Å². The fraction of sp³-hybridized carbons (Fsp3) is 0.538. The molecule has 1 atom stereocenters. The number of carboxylic acid groups (broad SMARTS) is 1. The molecule has 1 heterocycles. The average Bonchev–Trinajstić information content (AvgIpc) is 2.38. The minimum atomic E-state index is -0.954. The van der Waals surface area contributed by atoms with Crippen LogP contribution in [-0.2, 0) is 16.1 Å². The van der Waals surface area contributed by atoms with E-state index in [9.17, 15) is 14.4 Å². The van der Waals surface area contributed by atoms with Gasteiger partial charge in [0.2, 0.25) is 5.91 Å². The van der Waals surface area contributed by atoms with Crippen LogP contribution in [0.5, 0.6) is 0 Å². The van der Waals surface area contributed by atoms with Crippen molar-refractivity contribution < 1.29 is 14.7 Å². The lowest BCUT2D eigenvalue weighted by atomic mass is 10.1. The Hall–Kier alpha value is -2.18. The standard InChI is InChI=1S/C13H19N3O4/c1-2-3-5-10(8-12(18)19)15-11(17)9-16-7-4-6-14-13(16)20/h4,6-7,10H,2-3,5,8-9H2,1H3,(H,15,17)(H,18,19)/t10-/m0/s1. The molecular formula is C13H19N3O4. The number of nitrogens with one attached hydrogen (secondary N) is 1. The zero-order valence-corrected chi connectivity index (χ0v) is 11.4. The first-order valence-corrected chi connectivity index (χ1v) is 6.55. The van der Waals surface area contributed by atoms with Gasteiger partial charge in [-0.2, -0.15) is 0 Å². The molecule has 1 aromatic heterocycles. The third-order valence-corrected chi connectivity index (χ3v) is 2.79. The zero-order chi connectivity index (χ0) is 15.0. The first kappa shape index (κ1) is 15.9. The van der Waals surface area contributed by atoms with Crippen LogP contribution in [0.4, 0.5) is 0 Å². The van der Waals surface area contributed by atoms with Gasteiger partial charge in [0.15, 0.2) is 0 Å². The van der Waals surface area contributed by atoms with E-state index in [-0.39, 0.29) is 18.9 Å². The fourth-order valence-electron chi connectivity index (χ4n) is 1.82. The van der Waals surface area contributed by atoms with E-state index >= 15 is 0 Å². The van der Waals surface area contributed by atoms with E-state index in [0.29, 0.717) is 6.42 Å². The van der Waals surface area contributed by atoms with Crippen LogP contribution >= 0.6 is 0 Å². The number of unbranched alkanes of at least 4 members (excludes halogenated alkanes) is 1. The number of amides is 1. The minimum Gasteiger partial charge on any atom is -0.481 e. The van der Waals surface area contributed by atoms with E-state index in [1.54, 1.807) is 6.07 Å². The highest BCUT2D eigenvalue weighted by molar-refractivity contribution is 5.77. The largest absolute Gasteiger partial charge is 0.481 e. The Labute approximate surface area is 116 Å². The Balaban J connectivity index is 2.59. The number of aromatic nitrogens is 2. The van der Waals surface area contributed by atoms with Crippen molar-refractivity contribution in [2.45, 2.75) is 45.2 Å². The lowest BCUT2D eigenvalue weighted by Crippen LogP contribution is -2.40. The third-order valence-electron chi connectivity index (χ3n) is 2.79. The molecule has 0 saturated heterocycles. The van der Waals surface area contributed by atoms with Crippen LogP contribution in [0.3, 0.4) is 0 Å². The number of carbonyl (C=O) groups is 2. The Morgan fingerprint density at radius 2 is 2.25 bits per heavy atom. The van der Waals surface area contributed by atoms with E-state index in [4.69, 9.17) is 5.11 Å². The van der Waals surface area contributed by atoms with Crippen LogP contribution in [0.15, 0.2) is 23.3 Å². The van der Waals surface area contributed by atoms with Crippen molar-refractivity contribution in [1.82, 2.24) is 14.9 Å². The topological polar surface area (TPSA) is 101 Å². The fourth-order valence-corrected chi connectivity index (χ4v) is 1.82. The van der Waals surface area contributed by atoms with Crippen LogP contribution in [0.25, 0.3) is 0 Å². The highest BCUT2D eigenvalue weighted by atomic mass is 16.4. The number of rotatable bonds is 8. The number of carbonyl (C=O) groups excluding carboxylic acids is 1. The quantitative estimate of drug-likeness (QED) is 0.718. The second kappa shape index (κ2) is 8.08. The molecule has 2 N–H and O–H groups in total. The smallest absolute Gasteiger partial charge is 0.347 e. The number of nitrogens with zero attached hydrogens (tertiary/aromatic N) is 2. The number of hydrogen-bond donors (Lipinski definition) is 2. The average molecular weight is 281 g/mol. The maximum atomic E-state index is 11.8. The number of hydrogen-bond acceptors (Lipinski definition) is 4. The summed E-state index contributed by atoms with van der Waals surface area (Å²) in [6, 6.07) is 1.15. The molecule has 0 aliphatic heterocycles. The summed E-state index contributed by atoms with van der Waals surface area (Å²) in [5.41, 5.74) is -0.508. The SMILES string of the molecule is CCCC[C@@H](CC(=O)O)NC(=O)Cn1cccnc1=O. The van der Waals surface area contributed by atoms with Crippen molar-refractivity contribution in [3.05, 3.63) is 28.9 Å². The van der Waals surface area contributed by atoms with Crippen molar-refractivity contribution in [2.75, 3.05) is 0 Å². The van der Waals surface area contributed by atoms with Gasteiger partial charge in [-0.25, -0.2) is 9.78 Å². The molecule has 0 fully saturated rings. The second-order valence-corrected chi connectivity index (χ2v) is 4.53. The molecule has 0 aromatic carbocycles. The predicted molar refractivity (Wildman–Crippen MR) is 72.2 cm³/mol. The molecule has 0 radical (unpaired) electrons. The van der Waals surface area contributed by atoms with Gasteiger partial charge in [-0.15, -0.1) is 0 Å². The van der Waals surface area contributed by atoms with Gasteiger partial charge in [-0.05, 0) is 12.5 Å². The molecular weight excluding hydrogens is 262 g/mol. The van der Waals surface area contributed by atoms with E-state index in [0.717, 1.165) is 12.8 Å². The van der Waals surface area contributed by atoms with Crippen molar-refractivity contribution in [2.24, 2.45) is 0 Å². The maximum Gasteiger partial charge on any atom is 0.347 e. The summed E-state index contributed by atoms with van der Waals surface area (Å²) in [4.78, 5) is 37.5. The monoisotopic (exact) mass is 281 g/mol. The molecule has 1 aromatic rings. The van der Waals surface area contributed by atoms with Crippen LogP contribution in [-0.4, -0.2) is 32.6 Å². The molecule has 20 heavy (non-hydrogen) atoms. The van der Waals surface area contributed by atoms with Crippen LogP contribution < -0.4 is 11.0 Å². The third kappa shape index (κ3) is 5.64. The van der Waals surface area contributed by atoms with Crippen molar-refractivity contribution >= 4 is 11.9 Å². The zero-order valence-electron chi connectivity index (χ0n) is 11.4. The molecule has 7 nitrogen and oxygen atoms in total. The molecule has 0 spiro atoms. The molecule has 0 unspecified atom stereocenters. The van der Waals surface area contributed by atoms with Crippen molar-refractivity contribution in [3.8, 4) is 0 Å². The molecule has 1 amide bonds. The summed E-state index contributed by atoms with van der Waals surface area (Å²) in [5.74, 6) is -1.34. The highest BCUT2D eigenvalue weighted by Crippen LogP contribution is 2.04. The van der Waals surface area contributed by atoms with E-state index in [2.05, 4.69) is 10.3 Å². The maximum absolute atomic E-state index is 11.8. The second-order valence-electron chi connectivity index (χ2n) is 4.53. The van der Waals surface area contributed by atoms with Gasteiger partial charge >= 0.3 is 11.7 Å². The first-order valence-electron chi connectivity index (χ1n) is 6.55. The lowest BCUT2D eigenvalue weighted by molar-refractivity contribution is -0.137. The molecule has 0 saturated carbocycles. The van der Waals surface area contributed by atoms with Crippen molar-refractivity contribution in [1.29, 1.82) is 0 Å². The molecule has 0 aliphatic rings. The minimum absolute atomic E-state index is 0.117. The summed E-state index contributed by atoms with van der Waals surface area (Å²) < 4.78 is 1.17. The van der Waals surface area contributed by atoms with Gasteiger partial charge in [0, 0.05) is 18.4 Å². The Morgan fingerprint density at radius 3 is 2.85 bits per heavy atom. The van der Waals surface area contributed by atoms with E-state index in [1.165, 1.54) is 17.0 Å². The number of aliphatic carboxylic acids is 1. The molecule has 0 bridgehead atoms. The summed E-state index contributed by atoms with van der Waals surface area (Å²) in [7, 11) is 0. The molecule has 0 aliphatic carbocycles. The van der Waals surface area contributed by atoms with Crippen LogP contribution in [0.1, 0.15) is 32.6 Å². The van der Waals surface area contributed by atoms with E-state index < -0.39 is 17.7 Å². The summed E-state index contributed by atoms with van der Waals surface area (Å²) in [6.07, 6.45) is 5.07. The predicted octanol–water partition coefficient (Wildman–Crippen LogP) is 0.393. The molecule has 110 valence electrons.